The molecule has 4 N–H and O–H groups in total. The quantitative estimate of drug-likeness (QED) is 0.795. The molecule has 5 nitrogen and oxygen atoms in total. The molecule has 2 rings (SSSR count). The first kappa shape index (κ1) is 13.9. The summed E-state index contributed by atoms with van der Waals surface area (Å²) in [7, 11) is 1.46. The smallest absolute Gasteiger partial charge is 0.245 e. The molecule has 0 fully saturated rings. The SMILES string of the molecule is COc1ccc(NC(=O)[C@H](N)c2ccccc2)cc1O. The molecule has 0 radical (unpaired) electrons. The zero-order valence-electron chi connectivity index (χ0n) is 11.0. The highest BCUT2D eigenvalue weighted by Gasteiger charge is 2.16. The van der Waals surface area contributed by atoms with Crippen molar-refractivity contribution in [1.29, 1.82) is 0 Å². The number of rotatable bonds is 4. The van der Waals surface area contributed by atoms with E-state index in [1.54, 1.807) is 24.3 Å². The van der Waals surface area contributed by atoms with Crippen LogP contribution in [0, 0.1) is 0 Å². The molecule has 0 aromatic heterocycles. The third-order valence-electron chi connectivity index (χ3n) is 2.89. The van der Waals surface area contributed by atoms with Gasteiger partial charge in [-0.3, -0.25) is 4.79 Å². The van der Waals surface area contributed by atoms with Crippen LogP contribution >= 0.6 is 0 Å². The van der Waals surface area contributed by atoms with Crippen molar-refractivity contribution in [2.75, 3.05) is 12.4 Å². The lowest BCUT2D eigenvalue weighted by molar-refractivity contribution is -0.117. The minimum Gasteiger partial charge on any atom is -0.504 e. The number of amides is 1. The molecule has 0 aliphatic rings. The number of anilines is 1. The van der Waals surface area contributed by atoms with Gasteiger partial charge in [0.05, 0.1) is 7.11 Å². The topological polar surface area (TPSA) is 84.6 Å². The Morgan fingerprint density at radius 1 is 1.25 bits per heavy atom. The molecule has 1 amide bonds. The highest BCUT2D eigenvalue weighted by molar-refractivity contribution is 5.95. The fraction of sp³-hybridized carbons (Fsp3) is 0.133. The van der Waals surface area contributed by atoms with Crippen molar-refractivity contribution in [3.8, 4) is 11.5 Å². The van der Waals surface area contributed by atoms with Crippen LogP contribution in [-0.4, -0.2) is 18.1 Å². The molecule has 104 valence electrons. The zero-order valence-corrected chi connectivity index (χ0v) is 11.0. The van der Waals surface area contributed by atoms with Crippen LogP contribution < -0.4 is 15.8 Å². The van der Waals surface area contributed by atoms with Crippen LogP contribution in [0.2, 0.25) is 0 Å². The van der Waals surface area contributed by atoms with E-state index in [-0.39, 0.29) is 11.7 Å². The van der Waals surface area contributed by atoms with Gasteiger partial charge in [0, 0.05) is 11.8 Å². The molecule has 0 aliphatic carbocycles. The number of hydrogen-bond acceptors (Lipinski definition) is 4. The molecule has 1 atom stereocenters. The molecule has 2 aromatic rings. The van der Waals surface area contributed by atoms with Crippen molar-refractivity contribution in [2.45, 2.75) is 6.04 Å². The van der Waals surface area contributed by atoms with Crippen LogP contribution in [0.1, 0.15) is 11.6 Å². The number of phenolic OH excluding ortho intramolecular Hbond substituents is 1. The number of hydrogen-bond donors (Lipinski definition) is 3. The Morgan fingerprint density at radius 3 is 2.55 bits per heavy atom. The van der Waals surface area contributed by atoms with Crippen molar-refractivity contribution in [3.05, 3.63) is 54.1 Å². The van der Waals surface area contributed by atoms with Gasteiger partial charge in [-0.15, -0.1) is 0 Å². The molecule has 5 heteroatoms. The molecule has 0 aliphatic heterocycles. The number of methoxy groups -OCH3 is 1. The summed E-state index contributed by atoms with van der Waals surface area (Å²) in [6.07, 6.45) is 0. The summed E-state index contributed by atoms with van der Waals surface area (Å²) >= 11 is 0. The summed E-state index contributed by atoms with van der Waals surface area (Å²) < 4.78 is 4.93. The molecule has 0 bridgehead atoms. The van der Waals surface area contributed by atoms with Crippen molar-refractivity contribution in [3.63, 3.8) is 0 Å². The second-order valence-electron chi connectivity index (χ2n) is 4.26. The van der Waals surface area contributed by atoms with Crippen molar-refractivity contribution >= 4 is 11.6 Å². The Kier molecular flexibility index (Phi) is 4.22. The molecule has 0 heterocycles. The molecule has 2 aromatic carbocycles. The predicted octanol–water partition coefficient (Wildman–Crippen LogP) is 2.04. The second kappa shape index (κ2) is 6.08. The van der Waals surface area contributed by atoms with E-state index in [1.807, 2.05) is 18.2 Å². The lowest BCUT2D eigenvalue weighted by Crippen LogP contribution is -2.27. The van der Waals surface area contributed by atoms with E-state index in [2.05, 4.69) is 5.32 Å². The lowest BCUT2D eigenvalue weighted by atomic mass is 10.1. The van der Waals surface area contributed by atoms with Gasteiger partial charge in [-0.05, 0) is 17.7 Å². The van der Waals surface area contributed by atoms with E-state index in [0.29, 0.717) is 11.4 Å². The maximum Gasteiger partial charge on any atom is 0.245 e. The lowest BCUT2D eigenvalue weighted by Gasteiger charge is -2.13. The Morgan fingerprint density at radius 2 is 1.95 bits per heavy atom. The first-order chi connectivity index (χ1) is 9.61. The number of carbonyl (C=O) groups is 1. The van der Waals surface area contributed by atoms with E-state index in [4.69, 9.17) is 10.5 Å². The van der Waals surface area contributed by atoms with Crippen LogP contribution in [0.25, 0.3) is 0 Å². The first-order valence-corrected chi connectivity index (χ1v) is 6.10. The number of benzene rings is 2. The van der Waals surface area contributed by atoms with Crippen molar-refractivity contribution in [2.24, 2.45) is 5.73 Å². The second-order valence-corrected chi connectivity index (χ2v) is 4.26. The first-order valence-electron chi connectivity index (χ1n) is 6.10. The average molecular weight is 272 g/mol. The minimum atomic E-state index is -0.763. The standard InChI is InChI=1S/C15H16N2O3/c1-20-13-8-7-11(9-12(13)18)17-15(19)14(16)10-5-3-2-4-6-10/h2-9,14,18H,16H2,1H3,(H,17,19)/t14-/m1/s1. The van der Waals surface area contributed by atoms with Gasteiger partial charge in [0.2, 0.25) is 5.91 Å². The monoisotopic (exact) mass is 272 g/mol. The van der Waals surface area contributed by atoms with Crippen LogP contribution in [0.3, 0.4) is 0 Å². The molecular weight excluding hydrogens is 256 g/mol. The molecule has 0 saturated carbocycles. The zero-order chi connectivity index (χ0) is 14.5. The van der Waals surface area contributed by atoms with Gasteiger partial charge in [-0.2, -0.15) is 0 Å². The highest BCUT2D eigenvalue weighted by atomic mass is 16.5. The van der Waals surface area contributed by atoms with Crippen molar-refractivity contribution < 1.29 is 14.6 Å². The highest BCUT2D eigenvalue weighted by Crippen LogP contribution is 2.28. The Hall–Kier alpha value is -2.53. The minimum absolute atomic E-state index is 0.0430. The summed E-state index contributed by atoms with van der Waals surface area (Å²) in [5, 5.41) is 12.3. The largest absolute Gasteiger partial charge is 0.504 e. The molecule has 0 saturated heterocycles. The van der Waals surface area contributed by atoms with E-state index in [0.717, 1.165) is 5.56 Å². The van der Waals surface area contributed by atoms with E-state index in [9.17, 15) is 9.90 Å². The normalized spacial score (nSPS) is 11.7. The van der Waals surface area contributed by atoms with Gasteiger partial charge in [0.15, 0.2) is 11.5 Å². The van der Waals surface area contributed by atoms with Gasteiger partial charge in [0.25, 0.3) is 0 Å². The van der Waals surface area contributed by atoms with Crippen LogP contribution in [0.4, 0.5) is 5.69 Å². The number of aromatic hydroxyl groups is 1. The Balaban J connectivity index is 2.10. The number of carbonyl (C=O) groups excluding carboxylic acids is 1. The molecular formula is C15H16N2O3. The molecule has 0 unspecified atom stereocenters. The summed E-state index contributed by atoms with van der Waals surface area (Å²) in [6, 6.07) is 12.9. The Labute approximate surface area is 117 Å². The average Bonchev–Trinajstić information content (AvgIpc) is 2.47. The van der Waals surface area contributed by atoms with Crippen LogP contribution in [0.15, 0.2) is 48.5 Å². The van der Waals surface area contributed by atoms with Crippen molar-refractivity contribution in [1.82, 2.24) is 0 Å². The maximum atomic E-state index is 12.0. The fourth-order valence-electron chi connectivity index (χ4n) is 1.80. The number of nitrogens with one attached hydrogen (secondary N) is 1. The predicted molar refractivity (Wildman–Crippen MR) is 76.7 cm³/mol. The summed E-state index contributed by atoms with van der Waals surface area (Å²) in [5.41, 5.74) is 7.06. The van der Waals surface area contributed by atoms with E-state index < -0.39 is 6.04 Å². The van der Waals surface area contributed by atoms with Gasteiger partial charge in [-0.1, -0.05) is 30.3 Å². The molecule has 0 spiro atoms. The Bertz CT molecular complexity index is 599. The van der Waals surface area contributed by atoms with Crippen LogP contribution in [0.5, 0.6) is 11.5 Å². The van der Waals surface area contributed by atoms with Gasteiger partial charge in [0.1, 0.15) is 6.04 Å². The summed E-state index contributed by atoms with van der Waals surface area (Å²) in [5.74, 6) is -0.0466. The number of phenols is 1. The maximum absolute atomic E-state index is 12.0. The van der Waals surface area contributed by atoms with Gasteiger partial charge >= 0.3 is 0 Å². The number of nitrogens with two attached hydrogens (primary N) is 1. The summed E-state index contributed by atoms with van der Waals surface area (Å²) in [6.45, 7) is 0. The summed E-state index contributed by atoms with van der Waals surface area (Å²) in [4.78, 5) is 12.0. The van der Waals surface area contributed by atoms with E-state index in [1.165, 1.54) is 13.2 Å². The van der Waals surface area contributed by atoms with Gasteiger partial charge < -0.3 is 20.9 Å². The van der Waals surface area contributed by atoms with Gasteiger partial charge in [-0.25, -0.2) is 0 Å². The number of ether oxygens (including phenoxy) is 1. The third kappa shape index (κ3) is 3.07. The van der Waals surface area contributed by atoms with E-state index >= 15 is 0 Å². The fourth-order valence-corrected chi connectivity index (χ4v) is 1.80. The third-order valence-corrected chi connectivity index (χ3v) is 2.89. The molecule has 20 heavy (non-hydrogen) atoms. The van der Waals surface area contributed by atoms with Crippen LogP contribution in [-0.2, 0) is 4.79 Å².